The normalized spacial score (nSPS) is 13.7. The van der Waals surface area contributed by atoms with Crippen molar-refractivity contribution in [3.8, 4) is 11.5 Å². The van der Waals surface area contributed by atoms with Crippen LogP contribution in [0.5, 0.6) is 11.5 Å². The smallest absolute Gasteiger partial charge is 0.238 e. The molecule has 1 aliphatic rings. The Kier molecular flexibility index (Phi) is 5.70. The lowest BCUT2D eigenvalue weighted by atomic mass is 10.1. The molecule has 1 heterocycles. The first kappa shape index (κ1) is 19.2. The zero-order valence-corrected chi connectivity index (χ0v) is 16.7. The topological polar surface area (TPSA) is 68.6 Å². The van der Waals surface area contributed by atoms with Crippen molar-refractivity contribution >= 4 is 11.6 Å². The van der Waals surface area contributed by atoms with Crippen LogP contribution in [-0.4, -0.2) is 47.4 Å². The number of hydrogen-bond acceptors (Lipinski definition) is 5. The van der Waals surface area contributed by atoms with Gasteiger partial charge in [0.2, 0.25) is 5.91 Å². The van der Waals surface area contributed by atoms with E-state index in [-0.39, 0.29) is 5.91 Å². The van der Waals surface area contributed by atoms with Crippen LogP contribution in [0.4, 0.5) is 5.69 Å². The molecule has 1 aromatic carbocycles. The van der Waals surface area contributed by atoms with Crippen molar-refractivity contribution in [3.05, 3.63) is 35.2 Å². The first-order valence-corrected chi connectivity index (χ1v) is 9.18. The molecule has 3 rings (SSSR count). The molecule has 146 valence electrons. The van der Waals surface area contributed by atoms with Crippen molar-refractivity contribution in [1.82, 2.24) is 14.7 Å². The van der Waals surface area contributed by atoms with E-state index >= 15 is 0 Å². The number of hydrogen-bond donors (Lipinski definition) is 1. The summed E-state index contributed by atoms with van der Waals surface area (Å²) in [4.78, 5) is 14.9. The maximum absolute atomic E-state index is 12.7. The van der Waals surface area contributed by atoms with Gasteiger partial charge in [-0.2, -0.15) is 5.10 Å². The molecule has 0 bridgehead atoms. The van der Waals surface area contributed by atoms with Crippen molar-refractivity contribution in [1.29, 1.82) is 0 Å². The van der Waals surface area contributed by atoms with Crippen molar-refractivity contribution in [2.45, 2.75) is 39.3 Å². The number of aromatic nitrogens is 2. The zero-order valence-electron chi connectivity index (χ0n) is 16.7. The molecule has 1 aliphatic carbocycles. The van der Waals surface area contributed by atoms with Gasteiger partial charge in [0.1, 0.15) is 11.5 Å². The number of methoxy groups -OCH3 is 2. The maximum atomic E-state index is 12.7. The Bertz CT molecular complexity index is 827. The van der Waals surface area contributed by atoms with E-state index in [0.29, 0.717) is 19.1 Å². The van der Waals surface area contributed by atoms with Crippen molar-refractivity contribution in [3.63, 3.8) is 0 Å². The van der Waals surface area contributed by atoms with Gasteiger partial charge in [0.05, 0.1) is 37.8 Å². The lowest BCUT2D eigenvalue weighted by molar-refractivity contribution is -0.117. The van der Waals surface area contributed by atoms with E-state index in [9.17, 15) is 4.79 Å². The van der Waals surface area contributed by atoms with E-state index in [0.717, 1.165) is 47.0 Å². The summed E-state index contributed by atoms with van der Waals surface area (Å²) >= 11 is 0. The summed E-state index contributed by atoms with van der Waals surface area (Å²) in [5, 5.41) is 7.39. The molecule has 7 heteroatoms. The standard InChI is InChI=1S/C20H28N4O3/c1-13-20(14(2)23(3)22-13)21-19(25)12-24(16-6-7-16)11-15-10-17(26-4)8-9-18(15)27-5/h8-10,16H,6-7,11-12H2,1-5H3,(H,21,25). The molecule has 7 nitrogen and oxygen atoms in total. The number of carbonyl (C=O) groups excluding carboxylic acids is 1. The van der Waals surface area contributed by atoms with E-state index in [1.54, 1.807) is 18.9 Å². The fourth-order valence-electron chi connectivity index (χ4n) is 3.30. The average Bonchev–Trinajstić information content (AvgIpc) is 3.46. The van der Waals surface area contributed by atoms with Gasteiger partial charge >= 0.3 is 0 Å². The van der Waals surface area contributed by atoms with Gasteiger partial charge in [0.15, 0.2) is 0 Å². The molecule has 0 atom stereocenters. The minimum Gasteiger partial charge on any atom is -0.497 e. The Morgan fingerprint density at radius 3 is 2.59 bits per heavy atom. The summed E-state index contributed by atoms with van der Waals surface area (Å²) in [6.07, 6.45) is 2.23. The van der Waals surface area contributed by atoms with Crippen LogP contribution in [0.1, 0.15) is 29.8 Å². The third kappa shape index (κ3) is 4.42. The molecule has 2 aromatic rings. The van der Waals surface area contributed by atoms with Gasteiger partial charge < -0.3 is 14.8 Å². The van der Waals surface area contributed by atoms with Gasteiger partial charge in [-0.3, -0.25) is 14.4 Å². The molecule has 0 unspecified atom stereocenters. The second kappa shape index (κ2) is 8.00. The Morgan fingerprint density at radius 2 is 2.04 bits per heavy atom. The van der Waals surface area contributed by atoms with Crippen LogP contribution < -0.4 is 14.8 Å². The van der Waals surface area contributed by atoms with E-state index in [2.05, 4.69) is 15.3 Å². The lowest BCUT2D eigenvalue weighted by Gasteiger charge is -2.23. The minimum absolute atomic E-state index is 0.0250. The summed E-state index contributed by atoms with van der Waals surface area (Å²) < 4.78 is 12.6. The van der Waals surface area contributed by atoms with Crippen LogP contribution in [-0.2, 0) is 18.4 Å². The second-order valence-corrected chi connectivity index (χ2v) is 7.03. The zero-order chi connectivity index (χ0) is 19.6. The monoisotopic (exact) mass is 372 g/mol. The van der Waals surface area contributed by atoms with Crippen molar-refractivity contribution in [2.24, 2.45) is 7.05 Å². The van der Waals surface area contributed by atoms with Crippen LogP contribution in [0.2, 0.25) is 0 Å². The molecule has 1 N–H and O–H groups in total. The number of nitrogens with one attached hydrogen (secondary N) is 1. The van der Waals surface area contributed by atoms with Gasteiger partial charge in [0.25, 0.3) is 0 Å². The van der Waals surface area contributed by atoms with Crippen LogP contribution >= 0.6 is 0 Å². The summed E-state index contributed by atoms with van der Waals surface area (Å²) in [5.74, 6) is 1.57. The molecule has 1 aromatic heterocycles. The first-order chi connectivity index (χ1) is 12.9. The molecule has 0 aliphatic heterocycles. The number of benzene rings is 1. The van der Waals surface area contributed by atoms with Crippen LogP contribution in [0.25, 0.3) is 0 Å². The van der Waals surface area contributed by atoms with Crippen LogP contribution in [0.3, 0.4) is 0 Å². The number of carbonyl (C=O) groups is 1. The maximum Gasteiger partial charge on any atom is 0.238 e. The number of amides is 1. The van der Waals surface area contributed by atoms with E-state index in [1.165, 1.54) is 0 Å². The quantitative estimate of drug-likeness (QED) is 0.772. The molecule has 27 heavy (non-hydrogen) atoms. The number of rotatable bonds is 8. The second-order valence-electron chi connectivity index (χ2n) is 7.03. The highest BCUT2D eigenvalue weighted by molar-refractivity contribution is 5.93. The highest BCUT2D eigenvalue weighted by Gasteiger charge is 2.31. The molecule has 0 radical (unpaired) electrons. The number of aryl methyl sites for hydroxylation is 2. The highest BCUT2D eigenvalue weighted by Crippen LogP contribution is 2.32. The van der Waals surface area contributed by atoms with E-state index in [4.69, 9.17) is 9.47 Å². The fraction of sp³-hybridized carbons (Fsp3) is 0.500. The highest BCUT2D eigenvalue weighted by atomic mass is 16.5. The Labute approximate surface area is 160 Å². The van der Waals surface area contributed by atoms with Gasteiger partial charge in [-0.05, 0) is 44.9 Å². The van der Waals surface area contributed by atoms with Gasteiger partial charge in [0, 0.05) is 25.2 Å². The number of anilines is 1. The SMILES string of the molecule is COc1ccc(OC)c(CN(CC(=O)Nc2c(C)nn(C)c2C)C2CC2)c1. The van der Waals surface area contributed by atoms with Gasteiger partial charge in [-0.25, -0.2) is 0 Å². The first-order valence-electron chi connectivity index (χ1n) is 9.18. The third-order valence-corrected chi connectivity index (χ3v) is 5.04. The number of nitrogens with zero attached hydrogens (tertiary/aromatic N) is 3. The molecule has 1 saturated carbocycles. The largest absolute Gasteiger partial charge is 0.497 e. The van der Waals surface area contributed by atoms with Crippen molar-refractivity contribution in [2.75, 3.05) is 26.1 Å². The Hall–Kier alpha value is -2.54. The summed E-state index contributed by atoms with van der Waals surface area (Å²) in [7, 11) is 5.19. The summed E-state index contributed by atoms with van der Waals surface area (Å²) in [6.45, 7) is 4.83. The van der Waals surface area contributed by atoms with Crippen LogP contribution in [0.15, 0.2) is 18.2 Å². The van der Waals surface area contributed by atoms with Crippen molar-refractivity contribution < 1.29 is 14.3 Å². The fourth-order valence-corrected chi connectivity index (χ4v) is 3.30. The summed E-state index contributed by atoms with van der Waals surface area (Å²) in [5.41, 5.74) is 3.60. The molecule has 1 amide bonds. The Balaban J connectivity index is 1.72. The molecular formula is C20H28N4O3. The van der Waals surface area contributed by atoms with Gasteiger partial charge in [-0.15, -0.1) is 0 Å². The number of ether oxygens (including phenoxy) is 2. The predicted molar refractivity (Wildman–Crippen MR) is 104 cm³/mol. The molecule has 1 fully saturated rings. The predicted octanol–water partition coefficient (Wildman–Crippen LogP) is 2.66. The molecular weight excluding hydrogens is 344 g/mol. The van der Waals surface area contributed by atoms with Crippen LogP contribution in [0, 0.1) is 13.8 Å². The average molecular weight is 372 g/mol. The summed E-state index contributed by atoms with van der Waals surface area (Å²) in [6, 6.07) is 6.19. The minimum atomic E-state index is -0.0250. The molecule has 0 saturated heterocycles. The lowest BCUT2D eigenvalue weighted by Crippen LogP contribution is -2.34. The van der Waals surface area contributed by atoms with E-state index < -0.39 is 0 Å². The Morgan fingerprint density at radius 1 is 1.30 bits per heavy atom. The van der Waals surface area contributed by atoms with Gasteiger partial charge in [-0.1, -0.05) is 0 Å². The third-order valence-electron chi connectivity index (χ3n) is 5.04. The molecule has 0 spiro atoms. The van der Waals surface area contributed by atoms with E-state index in [1.807, 2.05) is 39.1 Å².